The van der Waals surface area contributed by atoms with Crippen molar-refractivity contribution < 1.29 is 27.9 Å². The molecule has 37 heavy (non-hydrogen) atoms. The van der Waals surface area contributed by atoms with Crippen molar-refractivity contribution in [3.05, 3.63) is 76.6 Å². The van der Waals surface area contributed by atoms with E-state index in [1.165, 1.54) is 19.9 Å². The van der Waals surface area contributed by atoms with Gasteiger partial charge in [-0.15, -0.1) is 11.3 Å². The Bertz CT molecular complexity index is 1410. The maximum absolute atomic E-state index is 14.9. The van der Waals surface area contributed by atoms with Gasteiger partial charge in [-0.1, -0.05) is 11.2 Å². The molecular formula is C25H25F2N5O4S. The van der Waals surface area contributed by atoms with Crippen LogP contribution in [0, 0.1) is 18.6 Å². The number of nitrogens with two attached hydrogens (primary N) is 1. The molecule has 0 bridgehead atoms. The summed E-state index contributed by atoms with van der Waals surface area (Å²) in [6.07, 6.45) is 0.495. The molecule has 0 fully saturated rings. The van der Waals surface area contributed by atoms with Crippen molar-refractivity contribution >= 4 is 28.1 Å². The lowest BCUT2D eigenvalue weighted by atomic mass is 9.96. The lowest BCUT2D eigenvalue weighted by Crippen LogP contribution is -2.16. The lowest BCUT2D eigenvalue weighted by Gasteiger charge is -2.18. The number of ether oxygens (including phenoxy) is 1. The first-order chi connectivity index (χ1) is 17.5. The summed E-state index contributed by atoms with van der Waals surface area (Å²) in [6.45, 7) is 5.13. The molecule has 0 atom stereocenters. The van der Waals surface area contributed by atoms with Crippen LogP contribution < -0.4 is 11.1 Å². The molecule has 4 rings (SSSR count). The lowest BCUT2D eigenvalue weighted by molar-refractivity contribution is 0.0778. The summed E-state index contributed by atoms with van der Waals surface area (Å²) in [7, 11) is 0. The third-order valence-electron chi connectivity index (χ3n) is 5.34. The Labute approximate surface area is 215 Å². The number of amides is 1. The van der Waals surface area contributed by atoms with Crippen molar-refractivity contribution in [3.63, 3.8) is 0 Å². The van der Waals surface area contributed by atoms with Gasteiger partial charge >= 0.3 is 0 Å². The van der Waals surface area contributed by atoms with Crippen LogP contribution in [0.25, 0.3) is 10.4 Å². The average Bonchev–Trinajstić information content (AvgIpc) is 3.42. The minimum absolute atomic E-state index is 0.0660. The zero-order valence-corrected chi connectivity index (χ0v) is 21.2. The number of aromatic nitrogens is 3. The predicted molar refractivity (Wildman–Crippen MR) is 133 cm³/mol. The minimum atomic E-state index is -1.42. The summed E-state index contributed by atoms with van der Waals surface area (Å²) >= 11 is 0.962. The van der Waals surface area contributed by atoms with Crippen molar-refractivity contribution in [2.24, 2.45) is 5.73 Å². The highest BCUT2D eigenvalue weighted by Crippen LogP contribution is 2.40. The number of aryl methyl sites for hydroxylation is 1. The molecule has 0 aliphatic carbocycles. The smallest absolute Gasteiger partial charge is 0.251 e. The van der Waals surface area contributed by atoms with E-state index in [1.807, 2.05) is 6.07 Å². The number of rotatable bonds is 10. The van der Waals surface area contributed by atoms with Gasteiger partial charge in [-0.05, 0) is 49.7 Å². The van der Waals surface area contributed by atoms with Gasteiger partial charge in [0.05, 0.1) is 23.3 Å². The molecule has 9 nitrogen and oxygen atoms in total. The molecule has 0 aliphatic rings. The van der Waals surface area contributed by atoms with Crippen molar-refractivity contribution in [3.8, 4) is 10.4 Å². The SMILES string of the molecule is Cc1nc(COCCc2cccc(Nc3sc(-c4c(F)cc(C(C)(C)O)cc4F)cc3C(N)=O)n2)no1. The molecule has 194 valence electrons. The summed E-state index contributed by atoms with van der Waals surface area (Å²) in [5.74, 6) is -1.16. The second-order valence-electron chi connectivity index (χ2n) is 8.76. The molecule has 0 radical (unpaired) electrons. The predicted octanol–water partition coefficient (Wildman–Crippen LogP) is 4.61. The fraction of sp³-hybridized carbons (Fsp3) is 0.280. The van der Waals surface area contributed by atoms with Gasteiger partial charge in [0, 0.05) is 23.9 Å². The number of nitrogens with one attached hydrogen (secondary N) is 1. The first-order valence-electron chi connectivity index (χ1n) is 11.3. The average molecular weight is 530 g/mol. The molecule has 0 saturated carbocycles. The third-order valence-corrected chi connectivity index (χ3v) is 6.41. The van der Waals surface area contributed by atoms with Crippen LogP contribution in [0.15, 0.2) is 40.9 Å². The fourth-order valence-electron chi connectivity index (χ4n) is 3.50. The second kappa shape index (κ2) is 10.7. The number of carbonyl (C=O) groups excluding carboxylic acids is 1. The van der Waals surface area contributed by atoms with Gasteiger partial charge < -0.3 is 25.4 Å². The zero-order chi connectivity index (χ0) is 26.7. The second-order valence-corrected chi connectivity index (χ2v) is 9.82. The van der Waals surface area contributed by atoms with Gasteiger partial charge in [0.25, 0.3) is 5.91 Å². The number of aliphatic hydroxyl groups is 1. The van der Waals surface area contributed by atoms with Gasteiger partial charge in [-0.3, -0.25) is 4.79 Å². The number of anilines is 2. The van der Waals surface area contributed by atoms with E-state index >= 15 is 0 Å². The Hall–Kier alpha value is -3.74. The number of nitrogens with zero attached hydrogens (tertiary/aromatic N) is 3. The summed E-state index contributed by atoms with van der Waals surface area (Å²) in [5.41, 5.74) is 4.66. The highest BCUT2D eigenvalue weighted by molar-refractivity contribution is 7.20. The third kappa shape index (κ3) is 6.34. The van der Waals surface area contributed by atoms with Crippen LogP contribution in [0.2, 0.25) is 0 Å². The van der Waals surface area contributed by atoms with Crippen LogP contribution >= 0.6 is 11.3 Å². The van der Waals surface area contributed by atoms with E-state index in [9.17, 15) is 18.7 Å². The summed E-state index contributed by atoms with van der Waals surface area (Å²) < 4.78 is 40.2. The number of primary amides is 1. The largest absolute Gasteiger partial charge is 0.386 e. The first kappa shape index (κ1) is 26.3. The Morgan fingerprint density at radius 1 is 1.22 bits per heavy atom. The van der Waals surface area contributed by atoms with Crippen molar-refractivity contribution in [2.75, 3.05) is 11.9 Å². The summed E-state index contributed by atoms with van der Waals surface area (Å²) in [6, 6.07) is 8.76. The molecule has 4 aromatic rings. The number of carbonyl (C=O) groups is 1. The molecule has 0 saturated heterocycles. The van der Waals surface area contributed by atoms with E-state index in [0.29, 0.717) is 41.3 Å². The van der Waals surface area contributed by atoms with Crippen LogP contribution in [0.3, 0.4) is 0 Å². The van der Waals surface area contributed by atoms with E-state index in [2.05, 4.69) is 20.4 Å². The highest BCUT2D eigenvalue weighted by Gasteiger charge is 2.24. The van der Waals surface area contributed by atoms with Gasteiger partial charge in [-0.2, -0.15) is 4.98 Å². The molecule has 0 unspecified atom stereocenters. The van der Waals surface area contributed by atoms with Crippen LogP contribution in [0.1, 0.15) is 47.2 Å². The summed E-state index contributed by atoms with van der Waals surface area (Å²) in [4.78, 5) is 20.8. The number of halogens is 2. The number of thiophene rings is 1. The van der Waals surface area contributed by atoms with E-state index in [0.717, 1.165) is 23.5 Å². The highest BCUT2D eigenvalue weighted by atomic mass is 32.1. The van der Waals surface area contributed by atoms with E-state index < -0.39 is 23.1 Å². The number of pyridine rings is 1. The molecule has 12 heteroatoms. The Morgan fingerprint density at radius 3 is 2.57 bits per heavy atom. The van der Waals surface area contributed by atoms with E-state index in [4.69, 9.17) is 15.0 Å². The Balaban J connectivity index is 1.51. The van der Waals surface area contributed by atoms with Crippen LogP contribution in [0.5, 0.6) is 0 Å². The van der Waals surface area contributed by atoms with Gasteiger partial charge in [-0.25, -0.2) is 13.8 Å². The molecule has 0 aliphatic heterocycles. The van der Waals surface area contributed by atoms with Gasteiger partial charge in [0.2, 0.25) is 5.89 Å². The topological polar surface area (TPSA) is 136 Å². The molecule has 3 heterocycles. The van der Waals surface area contributed by atoms with E-state index in [1.54, 1.807) is 19.1 Å². The van der Waals surface area contributed by atoms with Crippen molar-refractivity contribution in [2.45, 2.75) is 39.4 Å². The molecule has 4 N–H and O–H groups in total. The van der Waals surface area contributed by atoms with Gasteiger partial charge in [0.15, 0.2) is 5.82 Å². The molecule has 3 aromatic heterocycles. The maximum atomic E-state index is 14.9. The monoisotopic (exact) mass is 529 g/mol. The standard InChI is InChI=1S/C25H25F2N5O4S/c1-13-29-21(32-36-13)12-35-8-7-15-5-4-6-20(30-15)31-24-16(23(28)33)11-19(37-24)22-17(26)9-14(10-18(22)27)25(2,3)34/h4-6,9-11,34H,7-8,12H2,1-3H3,(H2,28,33)(H,30,31). The van der Waals surface area contributed by atoms with Crippen LogP contribution in [-0.2, 0) is 23.4 Å². The van der Waals surface area contributed by atoms with Crippen LogP contribution in [0.4, 0.5) is 19.6 Å². The fourth-order valence-corrected chi connectivity index (χ4v) is 4.62. The maximum Gasteiger partial charge on any atom is 0.251 e. The quantitative estimate of drug-likeness (QED) is 0.253. The molecule has 1 amide bonds. The summed E-state index contributed by atoms with van der Waals surface area (Å²) in [5, 5.41) is 17.2. The number of hydrogen-bond acceptors (Lipinski definition) is 9. The molecule has 1 aromatic carbocycles. The normalized spacial score (nSPS) is 11.6. The van der Waals surface area contributed by atoms with Crippen molar-refractivity contribution in [1.82, 2.24) is 15.1 Å². The minimum Gasteiger partial charge on any atom is -0.386 e. The Morgan fingerprint density at radius 2 is 1.95 bits per heavy atom. The van der Waals surface area contributed by atoms with Crippen LogP contribution in [-0.4, -0.2) is 32.7 Å². The molecular weight excluding hydrogens is 504 g/mol. The first-order valence-corrected chi connectivity index (χ1v) is 12.1. The van der Waals surface area contributed by atoms with E-state index in [-0.39, 0.29) is 28.2 Å². The number of benzene rings is 1. The van der Waals surface area contributed by atoms with Gasteiger partial charge in [0.1, 0.15) is 29.1 Å². The zero-order valence-electron chi connectivity index (χ0n) is 20.3. The van der Waals surface area contributed by atoms with Crippen molar-refractivity contribution in [1.29, 1.82) is 0 Å². The Kier molecular flexibility index (Phi) is 7.62. The number of hydrogen-bond donors (Lipinski definition) is 3. The molecule has 0 spiro atoms.